The van der Waals surface area contributed by atoms with Crippen molar-refractivity contribution in [3.05, 3.63) is 136 Å². The Morgan fingerprint density at radius 2 is 1.36 bits per heavy atom. The molecule has 3 aromatic carbocycles. The van der Waals surface area contributed by atoms with Crippen LogP contribution >= 0.6 is 0 Å². The number of ether oxygens (including phenoxy) is 1. The second-order valence-electron chi connectivity index (χ2n) is 14.8. The molecule has 10 nitrogen and oxygen atoms in total. The highest BCUT2D eigenvalue weighted by atomic mass is 16.6. The molecule has 2 atom stereocenters. The van der Waals surface area contributed by atoms with Crippen LogP contribution in [0.5, 0.6) is 0 Å². The minimum Gasteiger partial charge on any atom is -0.444 e. The average molecular weight is 721 g/mol. The van der Waals surface area contributed by atoms with Crippen LogP contribution in [0.3, 0.4) is 0 Å². The van der Waals surface area contributed by atoms with Crippen LogP contribution in [-0.4, -0.2) is 45.8 Å². The van der Waals surface area contributed by atoms with Crippen LogP contribution in [0.15, 0.2) is 114 Å². The minimum absolute atomic E-state index is 0.00250. The van der Waals surface area contributed by atoms with Crippen molar-refractivity contribution >= 4 is 23.6 Å². The van der Waals surface area contributed by atoms with Crippen LogP contribution in [0.1, 0.15) is 94.9 Å². The zero-order valence-electron chi connectivity index (χ0n) is 30.9. The largest absolute Gasteiger partial charge is 0.444 e. The van der Waals surface area contributed by atoms with Gasteiger partial charge in [-0.15, -0.1) is 0 Å². The van der Waals surface area contributed by atoms with E-state index in [0.29, 0.717) is 6.42 Å². The average Bonchev–Trinajstić information content (AvgIpc) is 3.16. The Morgan fingerprint density at radius 1 is 0.811 bits per heavy atom. The third kappa shape index (κ3) is 10.2. The highest BCUT2D eigenvalue weighted by Gasteiger charge is 2.38. The summed E-state index contributed by atoms with van der Waals surface area (Å²) < 4.78 is 6.70. The highest BCUT2D eigenvalue weighted by Crippen LogP contribution is 2.37. The second-order valence-corrected chi connectivity index (χ2v) is 14.8. The molecule has 10 heteroatoms. The molecule has 1 aromatic heterocycles. The Morgan fingerprint density at radius 3 is 1.87 bits per heavy atom. The van der Waals surface area contributed by atoms with Gasteiger partial charge in [0.25, 0.3) is 5.56 Å². The molecule has 0 saturated heterocycles. The number of carbonyl (C=O) groups excluding carboxylic acids is 3. The third-order valence-electron chi connectivity index (χ3n) is 9.76. The minimum atomic E-state index is -0.997. The lowest BCUT2D eigenvalue weighted by molar-refractivity contribution is -0.127. The number of benzene rings is 3. The Kier molecular flexibility index (Phi) is 13.3. The SMILES string of the molecule is CC(C)(C)OC(=O)Nc1cccn([C@@H](CC2CCCCC2)C(=O)N[C@H](CO)CCC(=O)NC(c2ccccc2)(c2ccccc2)c2ccccc2)c1=O. The smallest absolute Gasteiger partial charge is 0.412 e. The van der Waals surface area contributed by atoms with E-state index in [1.165, 1.54) is 10.6 Å². The summed E-state index contributed by atoms with van der Waals surface area (Å²) in [6.07, 6.45) is 6.52. The van der Waals surface area contributed by atoms with Gasteiger partial charge >= 0.3 is 6.09 Å². The number of nitrogens with zero attached hydrogens (tertiary/aromatic N) is 1. The summed E-state index contributed by atoms with van der Waals surface area (Å²) in [7, 11) is 0. The fourth-order valence-corrected chi connectivity index (χ4v) is 7.21. The standard InChI is InChI=1S/C43H52N4O6/c1-42(2,3)53-41(52)45-36-25-16-28-47(40(36)51)37(29-31-17-8-4-9-18-31)39(50)44-35(30-48)26-27-38(49)46-43(32-19-10-5-11-20-32,33-21-12-6-13-22-33)34-23-14-7-15-24-34/h5-7,10-16,19-25,28,31,35,37,48H,4,8-9,17-18,26-27,29-30H2,1-3H3,(H,44,50)(H,45,52)(H,46,49)/t35-,37-/m0/s1. The van der Waals surface area contributed by atoms with Crippen LogP contribution in [0.25, 0.3) is 0 Å². The number of aliphatic hydroxyl groups is 1. The monoisotopic (exact) mass is 720 g/mol. The molecule has 4 aromatic rings. The maximum Gasteiger partial charge on any atom is 0.412 e. The van der Waals surface area contributed by atoms with E-state index in [2.05, 4.69) is 16.0 Å². The molecule has 4 N–H and O–H groups in total. The van der Waals surface area contributed by atoms with Crippen molar-refractivity contribution < 1.29 is 24.2 Å². The number of amides is 3. The van der Waals surface area contributed by atoms with Crippen molar-refractivity contribution in [3.8, 4) is 0 Å². The quantitative estimate of drug-likeness (QED) is 0.103. The zero-order valence-corrected chi connectivity index (χ0v) is 30.9. The number of aromatic nitrogens is 1. The lowest BCUT2D eigenvalue weighted by atomic mass is 9.77. The van der Waals surface area contributed by atoms with Gasteiger partial charge in [-0.25, -0.2) is 4.79 Å². The number of pyridine rings is 1. The Balaban J connectivity index is 1.36. The first-order valence-corrected chi connectivity index (χ1v) is 18.6. The van der Waals surface area contributed by atoms with Gasteiger partial charge in [0, 0.05) is 12.6 Å². The molecule has 0 radical (unpaired) electrons. The first kappa shape index (κ1) is 39.0. The third-order valence-corrected chi connectivity index (χ3v) is 9.76. The molecular weight excluding hydrogens is 668 g/mol. The maximum atomic E-state index is 14.1. The fraction of sp³-hybridized carbons (Fsp3) is 0.395. The first-order valence-electron chi connectivity index (χ1n) is 18.6. The zero-order chi connectivity index (χ0) is 37.8. The summed E-state index contributed by atoms with van der Waals surface area (Å²) in [5, 5.41) is 19.3. The van der Waals surface area contributed by atoms with E-state index in [4.69, 9.17) is 4.74 Å². The number of anilines is 1. The first-order chi connectivity index (χ1) is 25.5. The van der Waals surface area contributed by atoms with Gasteiger partial charge in [0.2, 0.25) is 11.8 Å². The summed E-state index contributed by atoms with van der Waals surface area (Å²) in [5.74, 6) is -0.460. The van der Waals surface area contributed by atoms with E-state index in [9.17, 15) is 24.3 Å². The summed E-state index contributed by atoms with van der Waals surface area (Å²) >= 11 is 0. The topological polar surface area (TPSA) is 139 Å². The Bertz CT molecular complexity index is 1750. The van der Waals surface area contributed by atoms with E-state index in [-0.39, 0.29) is 30.4 Å². The summed E-state index contributed by atoms with van der Waals surface area (Å²) in [6, 6.07) is 30.8. The van der Waals surface area contributed by atoms with E-state index in [0.717, 1.165) is 48.8 Å². The van der Waals surface area contributed by atoms with Crippen LogP contribution in [0, 0.1) is 5.92 Å². The predicted molar refractivity (Wildman–Crippen MR) is 206 cm³/mol. The van der Waals surface area contributed by atoms with Gasteiger partial charge in [-0.1, -0.05) is 123 Å². The van der Waals surface area contributed by atoms with Crippen molar-refractivity contribution in [2.75, 3.05) is 11.9 Å². The second kappa shape index (κ2) is 18.0. The number of carbonyl (C=O) groups is 3. The Hall–Kier alpha value is -5.22. The van der Waals surface area contributed by atoms with Gasteiger partial charge in [0.1, 0.15) is 22.9 Å². The summed E-state index contributed by atoms with van der Waals surface area (Å²) in [5.41, 5.74) is 0.365. The van der Waals surface area contributed by atoms with E-state index >= 15 is 0 Å². The molecule has 1 aliphatic carbocycles. The number of hydrogen-bond donors (Lipinski definition) is 4. The number of nitrogens with one attached hydrogen (secondary N) is 3. The van der Waals surface area contributed by atoms with Gasteiger partial charge in [0.05, 0.1) is 12.6 Å². The van der Waals surface area contributed by atoms with Crippen LogP contribution < -0.4 is 21.5 Å². The van der Waals surface area contributed by atoms with Crippen LogP contribution in [0.4, 0.5) is 10.5 Å². The summed E-state index contributed by atoms with van der Waals surface area (Å²) in [6.45, 7) is 4.79. The molecule has 0 spiro atoms. The van der Waals surface area contributed by atoms with Crippen LogP contribution in [-0.2, 0) is 19.9 Å². The Labute approximate surface area is 312 Å². The molecule has 3 amide bonds. The fourth-order valence-electron chi connectivity index (χ4n) is 7.21. The molecule has 5 rings (SSSR count). The molecule has 53 heavy (non-hydrogen) atoms. The number of hydrogen-bond acceptors (Lipinski definition) is 6. The lowest BCUT2D eigenvalue weighted by Gasteiger charge is -2.37. The molecule has 1 heterocycles. The lowest BCUT2D eigenvalue weighted by Crippen LogP contribution is -2.48. The molecule has 1 aliphatic rings. The van der Waals surface area contributed by atoms with Crippen molar-refractivity contribution in [2.24, 2.45) is 5.92 Å². The van der Waals surface area contributed by atoms with Gasteiger partial charge in [0.15, 0.2) is 0 Å². The number of rotatable bonds is 14. The van der Waals surface area contributed by atoms with E-state index < -0.39 is 47.4 Å². The van der Waals surface area contributed by atoms with Gasteiger partial charge in [-0.05, 0) is 68.4 Å². The molecule has 1 fully saturated rings. The number of aliphatic hydroxyl groups excluding tert-OH is 1. The van der Waals surface area contributed by atoms with Crippen molar-refractivity contribution in [3.63, 3.8) is 0 Å². The van der Waals surface area contributed by atoms with E-state index in [1.54, 1.807) is 33.0 Å². The molecular formula is C43H52N4O6. The van der Waals surface area contributed by atoms with Gasteiger partial charge in [-0.2, -0.15) is 0 Å². The highest BCUT2D eigenvalue weighted by molar-refractivity contribution is 5.85. The molecule has 280 valence electrons. The van der Waals surface area contributed by atoms with Crippen LogP contribution in [0.2, 0.25) is 0 Å². The van der Waals surface area contributed by atoms with Gasteiger partial charge < -0.3 is 25.0 Å². The summed E-state index contributed by atoms with van der Waals surface area (Å²) in [4.78, 5) is 54.3. The predicted octanol–water partition coefficient (Wildman–Crippen LogP) is 7.07. The van der Waals surface area contributed by atoms with Crippen molar-refractivity contribution in [1.82, 2.24) is 15.2 Å². The molecule has 0 aliphatic heterocycles. The van der Waals surface area contributed by atoms with Crippen molar-refractivity contribution in [2.45, 2.75) is 95.4 Å². The van der Waals surface area contributed by atoms with E-state index in [1.807, 2.05) is 91.0 Å². The normalized spacial score (nSPS) is 14.8. The molecule has 0 unspecified atom stereocenters. The molecule has 0 bridgehead atoms. The van der Waals surface area contributed by atoms with Gasteiger partial charge in [-0.3, -0.25) is 19.7 Å². The molecule has 1 saturated carbocycles. The maximum absolute atomic E-state index is 14.1. The van der Waals surface area contributed by atoms with Crippen molar-refractivity contribution in [1.29, 1.82) is 0 Å².